The lowest BCUT2D eigenvalue weighted by atomic mass is 10.1. The molecule has 0 unspecified atom stereocenters. The summed E-state index contributed by atoms with van der Waals surface area (Å²) in [6, 6.07) is 4.75. The van der Waals surface area contributed by atoms with Crippen molar-refractivity contribution in [2.24, 2.45) is 0 Å². The number of benzene rings is 1. The molecular formula is C11H11F3N4O. The first-order valence-electron chi connectivity index (χ1n) is 5.57. The first-order chi connectivity index (χ1) is 9.00. The Balaban J connectivity index is 2.24. The van der Waals surface area contributed by atoms with E-state index < -0.39 is 11.7 Å². The Bertz CT molecular complexity index is 553. The highest BCUT2D eigenvalue weighted by molar-refractivity contribution is 5.55. The molecule has 0 spiro atoms. The van der Waals surface area contributed by atoms with E-state index in [1.165, 1.54) is 16.9 Å². The summed E-state index contributed by atoms with van der Waals surface area (Å²) in [6.07, 6.45) is -3.94. The third-order valence-electron chi connectivity index (χ3n) is 2.42. The van der Waals surface area contributed by atoms with Crippen LogP contribution in [-0.4, -0.2) is 31.9 Å². The number of hydrogen-bond acceptors (Lipinski definition) is 4. The van der Waals surface area contributed by atoms with Crippen LogP contribution in [-0.2, 0) is 12.7 Å². The molecule has 1 heterocycles. The monoisotopic (exact) mass is 272 g/mol. The summed E-state index contributed by atoms with van der Waals surface area (Å²) in [5.41, 5.74) is -0.498. The fraction of sp³-hybridized carbons (Fsp3) is 0.364. The van der Waals surface area contributed by atoms with E-state index in [1.807, 2.05) is 0 Å². The van der Waals surface area contributed by atoms with E-state index in [4.69, 9.17) is 5.11 Å². The lowest BCUT2D eigenvalue weighted by Gasteiger charge is -2.06. The molecule has 1 aromatic heterocycles. The molecule has 19 heavy (non-hydrogen) atoms. The predicted molar refractivity (Wildman–Crippen MR) is 60.0 cm³/mol. The van der Waals surface area contributed by atoms with Crippen LogP contribution in [0.2, 0.25) is 0 Å². The number of alkyl halides is 3. The van der Waals surface area contributed by atoms with Gasteiger partial charge in [0.15, 0.2) is 0 Å². The van der Waals surface area contributed by atoms with Gasteiger partial charge in [-0.2, -0.15) is 18.0 Å². The number of aliphatic hydroxyl groups excluding tert-OH is 1. The van der Waals surface area contributed by atoms with E-state index in [-0.39, 0.29) is 18.0 Å². The molecule has 102 valence electrons. The molecule has 0 aliphatic carbocycles. The first-order valence-corrected chi connectivity index (χ1v) is 5.57. The Morgan fingerprint density at radius 1 is 1.26 bits per heavy atom. The van der Waals surface area contributed by atoms with Crippen LogP contribution in [0.4, 0.5) is 13.2 Å². The Morgan fingerprint density at radius 2 is 2.05 bits per heavy atom. The standard InChI is InChI=1S/C11H11F3N4O/c12-11(13,14)9-4-1-3-8(7-9)10-15-17-18(16-10)5-2-6-19/h1,3-4,7,19H,2,5-6H2. The molecule has 1 aromatic carbocycles. The zero-order chi connectivity index (χ0) is 13.9. The zero-order valence-corrected chi connectivity index (χ0v) is 9.80. The minimum Gasteiger partial charge on any atom is -0.396 e. The maximum atomic E-state index is 12.6. The van der Waals surface area contributed by atoms with Gasteiger partial charge in [0.2, 0.25) is 5.82 Å². The van der Waals surface area contributed by atoms with Crippen molar-refractivity contribution >= 4 is 0 Å². The van der Waals surface area contributed by atoms with E-state index in [2.05, 4.69) is 15.4 Å². The molecule has 0 aliphatic heterocycles. The molecule has 0 atom stereocenters. The van der Waals surface area contributed by atoms with Gasteiger partial charge in [0.25, 0.3) is 0 Å². The number of aliphatic hydroxyl groups is 1. The van der Waals surface area contributed by atoms with Gasteiger partial charge in [-0.3, -0.25) is 0 Å². The first kappa shape index (κ1) is 13.5. The van der Waals surface area contributed by atoms with Crippen LogP contribution in [0, 0.1) is 0 Å². The summed E-state index contributed by atoms with van der Waals surface area (Å²) < 4.78 is 37.7. The SMILES string of the molecule is OCCCn1nnc(-c2cccc(C(F)(F)F)c2)n1. The normalized spacial score (nSPS) is 11.8. The molecule has 0 bridgehead atoms. The Hall–Kier alpha value is -1.96. The topological polar surface area (TPSA) is 63.8 Å². The number of halogens is 3. The summed E-state index contributed by atoms with van der Waals surface area (Å²) in [4.78, 5) is 1.24. The van der Waals surface area contributed by atoms with Crippen molar-refractivity contribution in [3.05, 3.63) is 29.8 Å². The molecule has 1 N–H and O–H groups in total. The second-order valence-electron chi connectivity index (χ2n) is 3.86. The van der Waals surface area contributed by atoms with Gasteiger partial charge in [-0.05, 0) is 23.8 Å². The molecule has 0 amide bonds. The van der Waals surface area contributed by atoms with Crippen molar-refractivity contribution in [1.82, 2.24) is 20.2 Å². The van der Waals surface area contributed by atoms with E-state index in [1.54, 1.807) is 0 Å². The molecule has 2 rings (SSSR count). The molecule has 2 aromatic rings. The van der Waals surface area contributed by atoms with Crippen molar-refractivity contribution in [2.45, 2.75) is 19.1 Å². The highest BCUT2D eigenvalue weighted by Crippen LogP contribution is 2.31. The number of nitrogens with zero attached hydrogens (tertiary/aromatic N) is 4. The largest absolute Gasteiger partial charge is 0.416 e. The van der Waals surface area contributed by atoms with Crippen LogP contribution < -0.4 is 0 Å². The zero-order valence-electron chi connectivity index (χ0n) is 9.80. The molecule has 5 nitrogen and oxygen atoms in total. The maximum absolute atomic E-state index is 12.6. The molecule has 0 fully saturated rings. The van der Waals surface area contributed by atoms with Crippen molar-refractivity contribution in [1.29, 1.82) is 0 Å². The summed E-state index contributed by atoms with van der Waals surface area (Å²) in [5.74, 6) is 0.129. The van der Waals surface area contributed by atoms with Crippen LogP contribution in [0.25, 0.3) is 11.4 Å². The minimum absolute atomic E-state index is 0.0135. The lowest BCUT2D eigenvalue weighted by Crippen LogP contribution is -2.05. The van der Waals surface area contributed by atoms with Crippen LogP contribution in [0.15, 0.2) is 24.3 Å². The summed E-state index contributed by atoms with van der Waals surface area (Å²) in [6.45, 7) is 0.350. The van der Waals surface area contributed by atoms with Gasteiger partial charge in [0.05, 0.1) is 12.1 Å². The Labute approximate surface area is 106 Å². The van der Waals surface area contributed by atoms with Crippen LogP contribution in [0.3, 0.4) is 0 Å². The van der Waals surface area contributed by atoms with Crippen molar-refractivity contribution in [2.75, 3.05) is 6.61 Å². The molecule has 0 radical (unpaired) electrons. The number of hydrogen-bond donors (Lipinski definition) is 1. The van der Waals surface area contributed by atoms with Crippen molar-refractivity contribution in [3.63, 3.8) is 0 Å². The third-order valence-corrected chi connectivity index (χ3v) is 2.42. The smallest absolute Gasteiger partial charge is 0.396 e. The van der Waals surface area contributed by atoms with E-state index in [0.29, 0.717) is 13.0 Å². The van der Waals surface area contributed by atoms with Crippen LogP contribution >= 0.6 is 0 Å². The summed E-state index contributed by atoms with van der Waals surface area (Å²) in [7, 11) is 0. The van der Waals surface area contributed by atoms with E-state index >= 15 is 0 Å². The highest BCUT2D eigenvalue weighted by Gasteiger charge is 2.30. The van der Waals surface area contributed by atoms with Crippen molar-refractivity contribution < 1.29 is 18.3 Å². The predicted octanol–water partition coefficient (Wildman–Crippen LogP) is 1.74. The number of rotatable bonds is 4. The number of aryl methyl sites for hydroxylation is 1. The average Bonchev–Trinajstić information content (AvgIpc) is 2.84. The summed E-state index contributed by atoms with van der Waals surface area (Å²) >= 11 is 0. The summed E-state index contributed by atoms with van der Waals surface area (Å²) in [5, 5.41) is 20.0. The highest BCUT2D eigenvalue weighted by atomic mass is 19.4. The molecular weight excluding hydrogens is 261 g/mol. The van der Waals surface area contributed by atoms with Gasteiger partial charge in [-0.15, -0.1) is 10.2 Å². The average molecular weight is 272 g/mol. The molecule has 0 aliphatic rings. The fourth-order valence-electron chi connectivity index (χ4n) is 1.50. The van der Waals surface area contributed by atoms with Gasteiger partial charge in [0, 0.05) is 12.2 Å². The van der Waals surface area contributed by atoms with E-state index in [0.717, 1.165) is 12.1 Å². The van der Waals surface area contributed by atoms with Gasteiger partial charge in [0.1, 0.15) is 0 Å². The Kier molecular flexibility index (Phi) is 3.79. The van der Waals surface area contributed by atoms with Gasteiger partial charge in [-0.25, -0.2) is 0 Å². The van der Waals surface area contributed by atoms with Crippen LogP contribution in [0.5, 0.6) is 0 Å². The van der Waals surface area contributed by atoms with Gasteiger partial charge < -0.3 is 5.11 Å². The maximum Gasteiger partial charge on any atom is 0.416 e. The minimum atomic E-state index is -4.40. The number of tetrazole rings is 1. The second-order valence-corrected chi connectivity index (χ2v) is 3.86. The quantitative estimate of drug-likeness (QED) is 0.920. The van der Waals surface area contributed by atoms with Gasteiger partial charge in [-0.1, -0.05) is 12.1 Å². The Morgan fingerprint density at radius 3 is 2.74 bits per heavy atom. The fourth-order valence-corrected chi connectivity index (χ4v) is 1.50. The van der Waals surface area contributed by atoms with Gasteiger partial charge >= 0.3 is 6.18 Å². The second kappa shape index (κ2) is 5.35. The third kappa shape index (κ3) is 3.28. The molecule has 8 heteroatoms. The molecule has 0 saturated carbocycles. The van der Waals surface area contributed by atoms with Crippen molar-refractivity contribution in [3.8, 4) is 11.4 Å². The lowest BCUT2D eigenvalue weighted by molar-refractivity contribution is -0.137. The van der Waals surface area contributed by atoms with E-state index in [9.17, 15) is 13.2 Å². The molecule has 0 saturated heterocycles. The number of aromatic nitrogens is 4. The van der Waals surface area contributed by atoms with Crippen LogP contribution in [0.1, 0.15) is 12.0 Å².